The van der Waals surface area contributed by atoms with Crippen LogP contribution in [0.25, 0.3) is 11.3 Å². The number of morpholine rings is 1. The number of nitrogens with one attached hydrogen (secondary N) is 2. The van der Waals surface area contributed by atoms with Gasteiger partial charge in [-0.05, 0) is 32.0 Å². The van der Waals surface area contributed by atoms with E-state index in [2.05, 4.69) is 47.6 Å². The summed E-state index contributed by atoms with van der Waals surface area (Å²) in [6.07, 6.45) is 0.557. The van der Waals surface area contributed by atoms with Gasteiger partial charge in [0.2, 0.25) is 0 Å². The van der Waals surface area contributed by atoms with Crippen molar-refractivity contribution in [3.8, 4) is 0 Å². The third-order valence-electron chi connectivity index (χ3n) is 5.88. The van der Waals surface area contributed by atoms with Crippen molar-refractivity contribution in [3.63, 3.8) is 0 Å². The molecule has 6 heteroatoms. The van der Waals surface area contributed by atoms with Gasteiger partial charge in [0, 0.05) is 54.2 Å². The Morgan fingerprint density at radius 1 is 1.10 bits per heavy atom. The van der Waals surface area contributed by atoms with Crippen LogP contribution in [-0.2, 0) is 20.9 Å². The zero-order valence-electron chi connectivity index (χ0n) is 17.4. The number of hydrogen-bond donors (Lipinski definition) is 2. The molecule has 0 spiro atoms. The summed E-state index contributed by atoms with van der Waals surface area (Å²) in [4.78, 5) is 15.1. The van der Waals surface area contributed by atoms with E-state index in [-0.39, 0.29) is 18.1 Å². The smallest absolute Gasteiger partial charge is 0.260 e. The first-order chi connectivity index (χ1) is 14.6. The number of carbonyl (C=O) groups is 1. The number of carbonyl (C=O) groups excluding carboxylic acids is 1. The standard InChI is InChI=1S/C24H27N3O3/c1-15-12-27(13-16(2)30-15)10-9-25-18-8-7-17-14-29-23(20(17)11-18)22-19-5-3-4-6-21(19)26-24(22)28/h3-8,11,15-16,25H,9-10,12-14H2,1-2H3,(H,26,28)/t15-,16+. The number of hydrogen-bond acceptors (Lipinski definition) is 5. The average Bonchev–Trinajstić information content (AvgIpc) is 3.26. The van der Waals surface area contributed by atoms with E-state index < -0.39 is 0 Å². The summed E-state index contributed by atoms with van der Waals surface area (Å²) in [5.74, 6) is 0.569. The highest BCUT2D eigenvalue weighted by atomic mass is 16.5. The Labute approximate surface area is 176 Å². The fraction of sp³-hybridized carbons (Fsp3) is 0.375. The quantitative estimate of drug-likeness (QED) is 0.762. The van der Waals surface area contributed by atoms with Crippen molar-refractivity contribution >= 4 is 28.6 Å². The number of amides is 1. The molecule has 2 atom stereocenters. The largest absolute Gasteiger partial charge is 0.487 e. The fourth-order valence-corrected chi connectivity index (χ4v) is 4.63. The number of para-hydroxylation sites is 1. The van der Waals surface area contributed by atoms with Crippen molar-refractivity contribution in [3.05, 3.63) is 59.2 Å². The Balaban J connectivity index is 1.34. The Morgan fingerprint density at radius 2 is 1.90 bits per heavy atom. The van der Waals surface area contributed by atoms with E-state index in [1.807, 2.05) is 24.3 Å². The van der Waals surface area contributed by atoms with Crippen LogP contribution in [0.15, 0.2) is 42.5 Å². The second-order valence-corrected chi connectivity index (χ2v) is 8.31. The van der Waals surface area contributed by atoms with Crippen molar-refractivity contribution in [2.75, 3.05) is 36.8 Å². The normalized spacial score (nSPS) is 25.5. The molecule has 3 heterocycles. The lowest BCUT2D eigenvalue weighted by molar-refractivity contribution is -0.110. The van der Waals surface area contributed by atoms with Crippen LogP contribution < -0.4 is 10.6 Å². The third-order valence-corrected chi connectivity index (χ3v) is 5.88. The maximum Gasteiger partial charge on any atom is 0.260 e. The highest BCUT2D eigenvalue weighted by Crippen LogP contribution is 2.42. The SMILES string of the molecule is C[C@@H]1CN(CCNc2ccc3c(c2)C(=C2C(=O)Nc4ccccc42)OC3)C[C@H](C)O1. The molecule has 0 saturated carbocycles. The summed E-state index contributed by atoms with van der Waals surface area (Å²) in [6.45, 7) is 8.51. The molecule has 3 aliphatic heterocycles. The van der Waals surface area contributed by atoms with Gasteiger partial charge in [-0.15, -0.1) is 0 Å². The minimum atomic E-state index is -0.104. The number of fused-ring (bicyclic) bond motifs is 2. The van der Waals surface area contributed by atoms with E-state index in [1.165, 1.54) is 0 Å². The first-order valence-electron chi connectivity index (χ1n) is 10.6. The molecule has 2 aromatic carbocycles. The van der Waals surface area contributed by atoms with Crippen molar-refractivity contribution in [1.29, 1.82) is 0 Å². The van der Waals surface area contributed by atoms with E-state index >= 15 is 0 Å². The minimum absolute atomic E-state index is 0.104. The molecule has 1 fully saturated rings. The van der Waals surface area contributed by atoms with Gasteiger partial charge in [-0.2, -0.15) is 0 Å². The van der Waals surface area contributed by atoms with Gasteiger partial charge in [0.25, 0.3) is 5.91 Å². The molecule has 5 rings (SSSR count). The predicted molar refractivity (Wildman–Crippen MR) is 118 cm³/mol. The molecule has 30 heavy (non-hydrogen) atoms. The molecule has 2 N–H and O–H groups in total. The lowest BCUT2D eigenvalue weighted by Gasteiger charge is -2.35. The highest BCUT2D eigenvalue weighted by molar-refractivity contribution is 6.36. The predicted octanol–water partition coefficient (Wildman–Crippen LogP) is 3.56. The van der Waals surface area contributed by atoms with Crippen molar-refractivity contribution < 1.29 is 14.3 Å². The van der Waals surface area contributed by atoms with Crippen LogP contribution in [0.2, 0.25) is 0 Å². The van der Waals surface area contributed by atoms with Gasteiger partial charge in [-0.1, -0.05) is 24.3 Å². The number of anilines is 2. The van der Waals surface area contributed by atoms with Crippen molar-refractivity contribution in [2.24, 2.45) is 0 Å². The molecule has 2 aromatic rings. The molecular formula is C24H27N3O3. The maximum absolute atomic E-state index is 12.6. The van der Waals surface area contributed by atoms with Gasteiger partial charge >= 0.3 is 0 Å². The molecule has 0 aliphatic carbocycles. The lowest BCUT2D eigenvalue weighted by Crippen LogP contribution is -2.46. The van der Waals surface area contributed by atoms with Crippen LogP contribution in [0.1, 0.15) is 30.5 Å². The molecule has 0 radical (unpaired) electrons. The first-order valence-corrected chi connectivity index (χ1v) is 10.6. The molecular weight excluding hydrogens is 378 g/mol. The summed E-state index contributed by atoms with van der Waals surface area (Å²) in [7, 11) is 0. The van der Waals surface area contributed by atoms with E-state index in [0.29, 0.717) is 17.9 Å². The van der Waals surface area contributed by atoms with Gasteiger partial charge in [-0.25, -0.2) is 0 Å². The summed E-state index contributed by atoms with van der Waals surface area (Å²) < 4.78 is 11.8. The van der Waals surface area contributed by atoms with Gasteiger partial charge in [0.05, 0.1) is 17.8 Å². The summed E-state index contributed by atoms with van der Waals surface area (Å²) in [5, 5.41) is 6.47. The Hall–Kier alpha value is -2.83. The molecule has 3 aliphatic rings. The second-order valence-electron chi connectivity index (χ2n) is 8.31. The molecule has 6 nitrogen and oxygen atoms in total. The monoisotopic (exact) mass is 405 g/mol. The Bertz CT molecular complexity index is 1010. The molecule has 156 valence electrons. The number of ether oxygens (including phenoxy) is 2. The van der Waals surface area contributed by atoms with Gasteiger partial charge < -0.3 is 20.1 Å². The van der Waals surface area contributed by atoms with Crippen molar-refractivity contribution in [2.45, 2.75) is 32.7 Å². The molecule has 1 amide bonds. The van der Waals surface area contributed by atoms with Crippen LogP contribution in [-0.4, -0.2) is 49.2 Å². The molecule has 0 bridgehead atoms. The van der Waals surface area contributed by atoms with E-state index in [4.69, 9.17) is 9.47 Å². The van der Waals surface area contributed by atoms with E-state index in [9.17, 15) is 4.79 Å². The lowest BCUT2D eigenvalue weighted by atomic mass is 10.00. The average molecular weight is 405 g/mol. The topological polar surface area (TPSA) is 62.8 Å². The van der Waals surface area contributed by atoms with E-state index in [0.717, 1.165) is 54.2 Å². The molecule has 0 aromatic heterocycles. The fourth-order valence-electron chi connectivity index (χ4n) is 4.63. The van der Waals surface area contributed by atoms with Crippen molar-refractivity contribution in [1.82, 2.24) is 4.90 Å². The van der Waals surface area contributed by atoms with Crippen LogP contribution >= 0.6 is 0 Å². The molecule has 1 saturated heterocycles. The van der Waals surface area contributed by atoms with Gasteiger partial charge in [-0.3, -0.25) is 9.69 Å². The van der Waals surface area contributed by atoms with Crippen LogP contribution in [0, 0.1) is 0 Å². The maximum atomic E-state index is 12.6. The first kappa shape index (κ1) is 19.2. The van der Waals surface area contributed by atoms with Crippen LogP contribution in [0.5, 0.6) is 0 Å². The summed E-state index contributed by atoms with van der Waals surface area (Å²) in [5.41, 5.74) is 5.51. The highest BCUT2D eigenvalue weighted by Gasteiger charge is 2.32. The van der Waals surface area contributed by atoms with Crippen LogP contribution in [0.4, 0.5) is 11.4 Å². The number of rotatable bonds is 4. The van der Waals surface area contributed by atoms with Crippen LogP contribution in [0.3, 0.4) is 0 Å². The Kier molecular flexibility index (Phi) is 4.97. The van der Waals surface area contributed by atoms with Gasteiger partial charge in [0.15, 0.2) is 0 Å². The Morgan fingerprint density at radius 3 is 2.73 bits per heavy atom. The number of benzene rings is 2. The summed E-state index contributed by atoms with van der Waals surface area (Å²) >= 11 is 0. The number of nitrogens with zero attached hydrogens (tertiary/aromatic N) is 1. The summed E-state index contributed by atoms with van der Waals surface area (Å²) in [6, 6.07) is 14.0. The molecule has 0 unspecified atom stereocenters. The third kappa shape index (κ3) is 3.57. The minimum Gasteiger partial charge on any atom is -0.487 e. The zero-order valence-corrected chi connectivity index (χ0v) is 17.4. The zero-order chi connectivity index (χ0) is 20.7. The van der Waals surface area contributed by atoms with Gasteiger partial charge in [0.1, 0.15) is 12.4 Å². The second kappa shape index (κ2) is 7.78. The van der Waals surface area contributed by atoms with E-state index in [1.54, 1.807) is 0 Å².